The van der Waals surface area contributed by atoms with E-state index in [4.69, 9.17) is 19.3 Å². The number of fused-ring (bicyclic) bond motifs is 1. The summed E-state index contributed by atoms with van der Waals surface area (Å²) in [5, 5.41) is 11.7. The number of carboxylic acid groups (broad SMARTS) is 1. The van der Waals surface area contributed by atoms with Gasteiger partial charge in [-0.25, -0.2) is 4.79 Å². The Hall–Kier alpha value is -3.22. The number of methoxy groups -OCH3 is 1. The lowest BCUT2D eigenvalue weighted by molar-refractivity contribution is 0.0696. The van der Waals surface area contributed by atoms with Crippen LogP contribution >= 0.6 is 0 Å². The number of benzene rings is 2. The number of hydrogen-bond acceptors (Lipinski definition) is 5. The van der Waals surface area contributed by atoms with Crippen LogP contribution in [0.5, 0.6) is 17.2 Å². The van der Waals surface area contributed by atoms with E-state index in [0.717, 1.165) is 0 Å². The van der Waals surface area contributed by atoms with Crippen molar-refractivity contribution in [1.29, 1.82) is 0 Å². The molecule has 0 saturated heterocycles. The standard InChI is InChI=1S/C16H13NO6/c1-21-12-4-3-10(16(19)20)6-11(12)17-15(18)9-2-5-13-14(7-9)23-8-22-13/h2-7H,8H2,1H3,(H,17,18)(H,19,20). The van der Waals surface area contributed by atoms with Crippen LogP contribution in [0.15, 0.2) is 36.4 Å². The number of carbonyl (C=O) groups is 2. The van der Waals surface area contributed by atoms with E-state index < -0.39 is 11.9 Å². The van der Waals surface area contributed by atoms with Crippen LogP contribution < -0.4 is 19.5 Å². The van der Waals surface area contributed by atoms with Gasteiger partial charge in [-0.15, -0.1) is 0 Å². The van der Waals surface area contributed by atoms with Gasteiger partial charge >= 0.3 is 5.97 Å². The first-order chi connectivity index (χ1) is 11.1. The second kappa shape index (κ2) is 5.88. The quantitative estimate of drug-likeness (QED) is 0.899. The zero-order chi connectivity index (χ0) is 16.4. The summed E-state index contributed by atoms with van der Waals surface area (Å²) in [5.41, 5.74) is 0.680. The van der Waals surface area contributed by atoms with Crippen LogP contribution in [0, 0.1) is 0 Å². The Labute approximate surface area is 131 Å². The minimum atomic E-state index is -1.09. The first-order valence-corrected chi connectivity index (χ1v) is 6.71. The monoisotopic (exact) mass is 315 g/mol. The fraction of sp³-hybridized carbons (Fsp3) is 0.125. The van der Waals surface area contributed by atoms with Crippen LogP contribution in [0.1, 0.15) is 20.7 Å². The van der Waals surface area contributed by atoms with Crippen LogP contribution in [0.4, 0.5) is 5.69 Å². The summed E-state index contributed by atoms with van der Waals surface area (Å²) in [5.74, 6) is -0.0737. The Morgan fingerprint density at radius 3 is 2.57 bits per heavy atom. The van der Waals surface area contributed by atoms with Crippen molar-refractivity contribution < 1.29 is 28.9 Å². The number of nitrogens with one attached hydrogen (secondary N) is 1. The fourth-order valence-electron chi connectivity index (χ4n) is 2.17. The predicted molar refractivity (Wildman–Crippen MR) is 80.5 cm³/mol. The van der Waals surface area contributed by atoms with Gasteiger partial charge in [-0.1, -0.05) is 0 Å². The second-order valence-corrected chi connectivity index (χ2v) is 4.74. The lowest BCUT2D eigenvalue weighted by Gasteiger charge is -2.11. The molecule has 2 aromatic rings. The van der Waals surface area contributed by atoms with Crippen molar-refractivity contribution in [2.24, 2.45) is 0 Å². The van der Waals surface area contributed by atoms with Gasteiger partial charge in [0.15, 0.2) is 11.5 Å². The molecular formula is C16H13NO6. The average molecular weight is 315 g/mol. The Morgan fingerprint density at radius 2 is 1.83 bits per heavy atom. The lowest BCUT2D eigenvalue weighted by Crippen LogP contribution is -2.13. The van der Waals surface area contributed by atoms with Gasteiger partial charge in [-0.3, -0.25) is 4.79 Å². The van der Waals surface area contributed by atoms with Crippen LogP contribution in [-0.4, -0.2) is 30.9 Å². The molecule has 0 fully saturated rings. The first-order valence-electron chi connectivity index (χ1n) is 6.71. The molecule has 1 heterocycles. The highest BCUT2D eigenvalue weighted by Crippen LogP contribution is 2.33. The summed E-state index contributed by atoms with van der Waals surface area (Å²) < 4.78 is 15.6. The summed E-state index contributed by atoms with van der Waals surface area (Å²) in [6, 6.07) is 9.02. The summed E-state index contributed by atoms with van der Waals surface area (Å²) >= 11 is 0. The summed E-state index contributed by atoms with van der Waals surface area (Å²) in [6.07, 6.45) is 0. The Bertz CT molecular complexity index is 786. The summed E-state index contributed by atoms with van der Waals surface area (Å²) in [6.45, 7) is 0.120. The molecule has 7 heteroatoms. The normalized spacial score (nSPS) is 11.9. The topological polar surface area (TPSA) is 94.1 Å². The molecule has 1 aliphatic rings. The number of ether oxygens (including phenoxy) is 3. The molecule has 0 bridgehead atoms. The third-order valence-corrected chi connectivity index (χ3v) is 3.33. The Morgan fingerprint density at radius 1 is 1.09 bits per heavy atom. The molecule has 0 saturated carbocycles. The molecule has 2 aromatic carbocycles. The highest BCUT2D eigenvalue weighted by atomic mass is 16.7. The van der Waals surface area contributed by atoms with Gasteiger partial charge in [0.1, 0.15) is 5.75 Å². The lowest BCUT2D eigenvalue weighted by atomic mass is 10.1. The van der Waals surface area contributed by atoms with Crippen LogP contribution in [0.3, 0.4) is 0 Å². The van der Waals surface area contributed by atoms with Gasteiger partial charge in [-0.05, 0) is 36.4 Å². The zero-order valence-corrected chi connectivity index (χ0v) is 12.2. The number of amides is 1. The van der Waals surface area contributed by atoms with E-state index in [-0.39, 0.29) is 18.0 Å². The van der Waals surface area contributed by atoms with Crippen LogP contribution in [0.2, 0.25) is 0 Å². The van der Waals surface area contributed by atoms with Crippen molar-refractivity contribution in [2.75, 3.05) is 19.2 Å². The molecule has 1 amide bonds. The average Bonchev–Trinajstić information content (AvgIpc) is 3.02. The number of hydrogen-bond donors (Lipinski definition) is 2. The molecule has 118 valence electrons. The highest BCUT2D eigenvalue weighted by molar-refractivity contribution is 6.06. The van der Waals surface area contributed by atoms with E-state index in [1.807, 2.05) is 0 Å². The fourth-order valence-corrected chi connectivity index (χ4v) is 2.17. The zero-order valence-electron chi connectivity index (χ0n) is 12.2. The maximum Gasteiger partial charge on any atom is 0.335 e. The molecule has 0 atom stereocenters. The van der Waals surface area contributed by atoms with Crippen molar-refractivity contribution in [3.63, 3.8) is 0 Å². The van der Waals surface area contributed by atoms with Crippen molar-refractivity contribution in [3.05, 3.63) is 47.5 Å². The third kappa shape index (κ3) is 2.89. The van der Waals surface area contributed by atoms with Crippen molar-refractivity contribution in [2.45, 2.75) is 0 Å². The van der Waals surface area contributed by atoms with E-state index in [1.165, 1.54) is 25.3 Å². The number of aromatic carboxylic acids is 1. The largest absolute Gasteiger partial charge is 0.495 e. The van der Waals surface area contributed by atoms with Gasteiger partial charge in [0, 0.05) is 5.56 Å². The number of carboxylic acids is 1. The molecule has 0 radical (unpaired) electrons. The third-order valence-electron chi connectivity index (χ3n) is 3.33. The highest BCUT2D eigenvalue weighted by Gasteiger charge is 2.18. The van der Waals surface area contributed by atoms with Gasteiger partial charge < -0.3 is 24.6 Å². The maximum atomic E-state index is 12.4. The van der Waals surface area contributed by atoms with Crippen LogP contribution in [0.25, 0.3) is 0 Å². The van der Waals surface area contributed by atoms with Crippen molar-refractivity contribution >= 4 is 17.6 Å². The van der Waals surface area contributed by atoms with E-state index in [0.29, 0.717) is 22.8 Å². The molecule has 3 rings (SSSR count). The molecule has 0 aromatic heterocycles. The summed E-state index contributed by atoms with van der Waals surface area (Å²) in [7, 11) is 1.44. The number of anilines is 1. The van der Waals surface area contributed by atoms with E-state index in [1.54, 1.807) is 18.2 Å². The molecule has 0 aliphatic carbocycles. The molecule has 23 heavy (non-hydrogen) atoms. The second-order valence-electron chi connectivity index (χ2n) is 4.74. The van der Waals surface area contributed by atoms with Gasteiger partial charge in [0.25, 0.3) is 5.91 Å². The van der Waals surface area contributed by atoms with Crippen molar-refractivity contribution in [3.8, 4) is 17.2 Å². The smallest absolute Gasteiger partial charge is 0.335 e. The van der Waals surface area contributed by atoms with E-state index in [9.17, 15) is 9.59 Å². The first kappa shape index (κ1) is 14.7. The van der Waals surface area contributed by atoms with Gasteiger partial charge in [-0.2, -0.15) is 0 Å². The Balaban J connectivity index is 1.87. The van der Waals surface area contributed by atoms with Crippen molar-refractivity contribution in [1.82, 2.24) is 0 Å². The molecule has 0 spiro atoms. The van der Waals surface area contributed by atoms with Crippen LogP contribution in [-0.2, 0) is 0 Å². The summed E-state index contributed by atoms with van der Waals surface area (Å²) in [4.78, 5) is 23.4. The maximum absolute atomic E-state index is 12.4. The number of rotatable bonds is 4. The molecular weight excluding hydrogens is 302 g/mol. The molecule has 1 aliphatic heterocycles. The molecule has 7 nitrogen and oxygen atoms in total. The number of carbonyl (C=O) groups excluding carboxylic acids is 1. The molecule has 2 N–H and O–H groups in total. The minimum absolute atomic E-state index is 0.0480. The predicted octanol–water partition coefficient (Wildman–Crippen LogP) is 2.37. The SMILES string of the molecule is COc1ccc(C(=O)O)cc1NC(=O)c1ccc2c(c1)OCO2. The molecule has 0 unspecified atom stereocenters. The van der Waals surface area contributed by atoms with Gasteiger partial charge in [0.05, 0.1) is 18.4 Å². The van der Waals surface area contributed by atoms with E-state index >= 15 is 0 Å². The van der Waals surface area contributed by atoms with E-state index in [2.05, 4.69) is 5.32 Å². The minimum Gasteiger partial charge on any atom is -0.495 e. The van der Waals surface area contributed by atoms with Gasteiger partial charge in [0.2, 0.25) is 6.79 Å². The Kier molecular flexibility index (Phi) is 3.76.